The highest BCUT2D eigenvalue weighted by atomic mass is 35.5. The van der Waals surface area contributed by atoms with Gasteiger partial charge in [-0.3, -0.25) is 5.73 Å². The van der Waals surface area contributed by atoms with Crippen molar-refractivity contribution in [2.24, 2.45) is 0 Å². The second kappa shape index (κ2) is 4.97. The van der Waals surface area contributed by atoms with Crippen LogP contribution in [0.3, 0.4) is 0 Å². The zero-order valence-electron chi connectivity index (χ0n) is 10.4. The summed E-state index contributed by atoms with van der Waals surface area (Å²) in [6.45, 7) is 0. The van der Waals surface area contributed by atoms with E-state index in [0.29, 0.717) is 5.13 Å². The second-order valence-corrected chi connectivity index (χ2v) is 7.13. The number of H-pyrrole nitrogens is 1. The van der Waals surface area contributed by atoms with Crippen molar-refractivity contribution in [1.29, 1.82) is 0 Å². The molecule has 1 aromatic carbocycles. The molecule has 5 heteroatoms. The van der Waals surface area contributed by atoms with Crippen molar-refractivity contribution < 1.29 is 4.98 Å². The Bertz CT molecular complexity index is 586. The molecule has 3 N–H and O–H groups in total. The molecule has 19 heavy (non-hydrogen) atoms. The van der Waals surface area contributed by atoms with Crippen LogP contribution in [0, 0.1) is 0 Å². The van der Waals surface area contributed by atoms with Gasteiger partial charge in [0.15, 0.2) is 0 Å². The summed E-state index contributed by atoms with van der Waals surface area (Å²) < 4.78 is 0.773. The third-order valence-corrected chi connectivity index (χ3v) is 5.35. The summed E-state index contributed by atoms with van der Waals surface area (Å²) >= 11 is 13.8. The number of benzene rings is 1. The molecule has 1 saturated carbocycles. The van der Waals surface area contributed by atoms with Crippen molar-refractivity contribution in [3.05, 3.63) is 44.9 Å². The molecule has 1 aliphatic rings. The highest BCUT2D eigenvalue weighted by Crippen LogP contribution is 2.48. The molecule has 0 unspecified atom stereocenters. The second-order valence-electron chi connectivity index (χ2n) is 5.04. The molecule has 0 amide bonds. The number of hydrogen-bond donors (Lipinski definition) is 1. The Morgan fingerprint density at radius 3 is 2.26 bits per heavy atom. The first-order valence-corrected chi connectivity index (χ1v) is 7.93. The summed E-state index contributed by atoms with van der Waals surface area (Å²) in [5.41, 5.74) is 8.17. The molecule has 0 radical (unpaired) electrons. The summed E-state index contributed by atoms with van der Waals surface area (Å²) in [7, 11) is 0. The number of halogens is 2. The lowest BCUT2D eigenvalue weighted by molar-refractivity contribution is -0.373. The minimum Gasteiger partial charge on any atom is -0.278 e. The third-order valence-electron chi connectivity index (χ3n) is 3.98. The van der Waals surface area contributed by atoms with Crippen LogP contribution in [-0.2, 0) is 5.41 Å². The molecule has 1 fully saturated rings. The number of anilines is 1. The summed E-state index contributed by atoms with van der Waals surface area (Å²) in [6.07, 6.45) is 4.62. The maximum Gasteiger partial charge on any atom is 0.331 e. The molecule has 0 saturated heterocycles. The highest BCUT2D eigenvalue weighted by Gasteiger charge is 2.43. The van der Waals surface area contributed by atoms with E-state index in [1.165, 1.54) is 29.7 Å². The van der Waals surface area contributed by atoms with Crippen LogP contribution in [0.1, 0.15) is 36.9 Å². The lowest BCUT2D eigenvalue weighted by Crippen LogP contribution is -2.31. The molecule has 100 valence electrons. The lowest BCUT2D eigenvalue weighted by atomic mass is 9.76. The first-order chi connectivity index (χ1) is 9.12. The Morgan fingerprint density at radius 1 is 1.11 bits per heavy atom. The van der Waals surface area contributed by atoms with Gasteiger partial charge in [-0.25, -0.2) is 4.98 Å². The van der Waals surface area contributed by atoms with E-state index in [0.717, 1.165) is 27.9 Å². The highest BCUT2D eigenvalue weighted by molar-refractivity contribution is 7.19. The van der Waals surface area contributed by atoms with Crippen molar-refractivity contribution in [3.8, 4) is 0 Å². The Hall–Kier alpha value is -0.770. The van der Waals surface area contributed by atoms with Crippen molar-refractivity contribution in [1.82, 2.24) is 0 Å². The number of rotatable bonds is 2. The number of hydrogen-bond acceptors (Lipinski definition) is 2. The van der Waals surface area contributed by atoms with E-state index >= 15 is 0 Å². The van der Waals surface area contributed by atoms with E-state index in [9.17, 15) is 0 Å². The van der Waals surface area contributed by atoms with Gasteiger partial charge in [0.25, 0.3) is 0 Å². The van der Waals surface area contributed by atoms with Gasteiger partial charge in [0.1, 0.15) is 10.0 Å². The number of nitrogen functional groups attached to an aromatic ring is 1. The largest absolute Gasteiger partial charge is 0.331 e. The van der Waals surface area contributed by atoms with Crippen molar-refractivity contribution >= 4 is 39.7 Å². The smallest absolute Gasteiger partial charge is 0.278 e. The molecular formula is C14H15Cl2N2S+. The van der Waals surface area contributed by atoms with E-state index in [1.54, 1.807) is 0 Å². The van der Waals surface area contributed by atoms with Gasteiger partial charge >= 0.3 is 5.13 Å². The van der Waals surface area contributed by atoms with Gasteiger partial charge in [0, 0.05) is 5.02 Å². The number of nitrogens with two attached hydrogens (primary N) is 1. The Morgan fingerprint density at radius 2 is 1.74 bits per heavy atom. The Balaban J connectivity index is 2.14. The zero-order chi connectivity index (χ0) is 13.5. The number of thiazole rings is 1. The van der Waals surface area contributed by atoms with Crippen LogP contribution < -0.4 is 10.7 Å². The number of aromatic amines is 1. The van der Waals surface area contributed by atoms with Gasteiger partial charge in [-0.15, -0.1) is 0 Å². The number of aromatic nitrogens is 1. The maximum atomic E-state index is 6.38. The molecule has 0 atom stereocenters. The molecule has 1 heterocycles. The van der Waals surface area contributed by atoms with Crippen molar-refractivity contribution in [2.45, 2.75) is 31.1 Å². The maximum absolute atomic E-state index is 6.38. The molecule has 1 aliphatic carbocycles. The van der Waals surface area contributed by atoms with E-state index in [4.69, 9.17) is 28.9 Å². The molecule has 0 bridgehead atoms. The molecule has 0 aliphatic heterocycles. The molecular weight excluding hydrogens is 299 g/mol. The standard InChI is InChI=1S/C14H14Cl2N2S/c15-10-5-3-9(4-6-10)14(7-1-2-8-14)11-12(16)19-13(17)18-11/h3-6H,1-2,7-8H2,(H2,17,18)/p+1. The SMILES string of the molecule is Nc1[nH+]c(C2(c3ccc(Cl)cc3)CCCC2)c(Cl)s1. The third kappa shape index (κ3) is 2.24. The molecule has 3 rings (SSSR count). The minimum absolute atomic E-state index is 0.0320. The summed E-state index contributed by atoms with van der Waals surface area (Å²) in [6, 6.07) is 8.10. The van der Waals surface area contributed by atoms with Gasteiger partial charge in [-0.1, -0.05) is 48.2 Å². The summed E-state index contributed by atoms with van der Waals surface area (Å²) in [5, 5.41) is 1.43. The Kier molecular flexibility index (Phi) is 3.46. The lowest BCUT2D eigenvalue weighted by Gasteiger charge is -2.26. The summed E-state index contributed by atoms with van der Waals surface area (Å²) in [4.78, 5) is 3.27. The van der Waals surface area contributed by atoms with Gasteiger partial charge in [-0.05, 0) is 41.9 Å². The fraction of sp³-hybridized carbons (Fsp3) is 0.357. The van der Waals surface area contributed by atoms with E-state index in [-0.39, 0.29) is 5.41 Å². The fourth-order valence-electron chi connectivity index (χ4n) is 3.08. The van der Waals surface area contributed by atoms with Crippen LogP contribution in [0.25, 0.3) is 0 Å². The average molecular weight is 314 g/mol. The van der Waals surface area contributed by atoms with Gasteiger partial charge in [0.2, 0.25) is 0 Å². The van der Waals surface area contributed by atoms with Crippen molar-refractivity contribution in [2.75, 3.05) is 5.73 Å². The fourth-order valence-corrected chi connectivity index (χ4v) is 4.38. The molecule has 1 aromatic heterocycles. The van der Waals surface area contributed by atoms with Crippen LogP contribution in [0.5, 0.6) is 0 Å². The van der Waals surface area contributed by atoms with E-state index < -0.39 is 0 Å². The van der Waals surface area contributed by atoms with Gasteiger partial charge < -0.3 is 0 Å². The zero-order valence-corrected chi connectivity index (χ0v) is 12.7. The Labute approximate surface area is 126 Å². The van der Waals surface area contributed by atoms with E-state index in [1.807, 2.05) is 12.1 Å². The predicted molar refractivity (Wildman–Crippen MR) is 81.0 cm³/mol. The molecule has 2 aromatic rings. The quantitative estimate of drug-likeness (QED) is 0.881. The van der Waals surface area contributed by atoms with Crippen LogP contribution in [0.2, 0.25) is 9.36 Å². The van der Waals surface area contributed by atoms with E-state index in [2.05, 4.69) is 17.1 Å². The number of nitrogens with one attached hydrogen (secondary N) is 1. The van der Waals surface area contributed by atoms with Crippen molar-refractivity contribution in [3.63, 3.8) is 0 Å². The molecule has 2 nitrogen and oxygen atoms in total. The summed E-state index contributed by atoms with van der Waals surface area (Å²) in [5.74, 6) is 0. The average Bonchev–Trinajstić information content (AvgIpc) is 2.98. The minimum atomic E-state index is -0.0320. The first kappa shape index (κ1) is 13.2. The van der Waals surface area contributed by atoms with Crippen LogP contribution in [0.4, 0.5) is 5.13 Å². The van der Waals surface area contributed by atoms with Crippen LogP contribution in [-0.4, -0.2) is 0 Å². The molecule has 0 spiro atoms. The van der Waals surface area contributed by atoms with Gasteiger partial charge in [0.05, 0.1) is 5.41 Å². The normalized spacial score (nSPS) is 17.8. The van der Waals surface area contributed by atoms with Gasteiger partial charge in [-0.2, -0.15) is 0 Å². The predicted octanol–water partition coefficient (Wildman–Crippen LogP) is 4.31. The first-order valence-electron chi connectivity index (χ1n) is 6.35. The monoisotopic (exact) mass is 313 g/mol. The van der Waals surface area contributed by atoms with Crippen LogP contribution >= 0.6 is 34.5 Å². The topological polar surface area (TPSA) is 40.2 Å². The van der Waals surface area contributed by atoms with Crippen LogP contribution in [0.15, 0.2) is 24.3 Å².